The number of carbonyl (C=O) groups is 1. The molecule has 0 saturated carbocycles. The molecule has 0 radical (unpaired) electrons. The molecule has 1 amide bonds. The van der Waals surface area contributed by atoms with Gasteiger partial charge in [-0.2, -0.15) is 5.10 Å². The number of nitrogens with zero attached hydrogens (tertiary/aromatic N) is 1. The lowest BCUT2D eigenvalue weighted by molar-refractivity contribution is -0.123. The number of hydrogen-bond acceptors (Lipinski definition) is 5. The molecular weight excluding hydrogens is 436 g/mol. The van der Waals surface area contributed by atoms with E-state index in [0.717, 1.165) is 15.6 Å². The van der Waals surface area contributed by atoms with Crippen LogP contribution in [-0.4, -0.2) is 32.4 Å². The summed E-state index contributed by atoms with van der Waals surface area (Å²) in [5.74, 6) is 1.41. The lowest BCUT2D eigenvalue weighted by Crippen LogP contribution is -2.24. The maximum absolute atomic E-state index is 11.9. The van der Waals surface area contributed by atoms with E-state index in [1.165, 1.54) is 6.21 Å². The standard InChI is InChI=1S/C19H20BrClN2O4/c1-4-26-19-15(20)8-13(9-17(19)25-3)10-22-23-18(24)11-27-16-6-5-14(21)7-12(16)2/h5-10H,4,11H2,1-3H3,(H,23,24)/b22-10+. The van der Waals surface area contributed by atoms with Crippen molar-refractivity contribution in [2.75, 3.05) is 20.3 Å². The molecule has 8 heteroatoms. The van der Waals surface area contributed by atoms with E-state index in [4.69, 9.17) is 25.8 Å². The van der Waals surface area contributed by atoms with Crippen LogP contribution in [0.1, 0.15) is 18.1 Å². The van der Waals surface area contributed by atoms with E-state index in [-0.39, 0.29) is 12.5 Å². The zero-order valence-corrected chi connectivity index (χ0v) is 17.6. The smallest absolute Gasteiger partial charge is 0.277 e. The zero-order chi connectivity index (χ0) is 19.8. The average Bonchev–Trinajstić information content (AvgIpc) is 2.63. The van der Waals surface area contributed by atoms with Crippen LogP contribution in [0.2, 0.25) is 5.02 Å². The highest BCUT2D eigenvalue weighted by Crippen LogP contribution is 2.36. The van der Waals surface area contributed by atoms with Gasteiger partial charge in [-0.15, -0.1) is 0 Å². The van der Waals surface area contributed by atoms with E-state index in [1.807, 2.05) is 19.9 Å². The fourth-order valence-corrected chi connectivity index (χ4v) is 3.03. The van der Waals surface area contributed by atoms with Gasteiger partial charge in [-0.05, 0) is 71.2 Å². The van der Waals surface area contributed by atoms with Crippen LogP contribution >= 0.6 is 27.5 Å². The van der Waals surface area contributed by atoms with Gasteiger partial charge in [0.2, 0.25) is 0 Å². The molecule has 2 aromatic carbocycles. The summed E-state index contributed by atoms with van der Waals surface area (Å²) >= 11 is 9.33. The number of halogens is 2. The summed E-state index contributed by atoms with van der Waals surface area (Å²) in [7, 11) is 1.56. The Kier molecular flexibility index (Phi) is 7.94. The van der Waals surface area contributed by atoms with Crippen molar-refractivity contribution in [1.29, 1.82) is 0 Å². The number of methoxy groups -OCH3 is 1. The van der Waals surface area contributed by atoms with Crippen LogP contribution in [-0.2, 0) is 4.79 Å². The van der Waals surface area contributed by atoms with E-state index in [0.29, 0.717) is 28.9 Å². The average molecular weight is 456 g/mol. The third-order valence-electron chi connectivity index (χ3n) is 3.44. The Morgan fingerprint density at radius 1 is 1.26 bits per heavy atom. The molecule has 1 N–H and O–H groups in total. The van der Waals surface area contributed by atoms with Crippen molar-refractivity contribution in [1.82, 2.24) is 5.43 Å². The number of rotatable bonds is 8. The Hall–Kier alpha value is -2.25. The molecule has 0 fully saturated rings. The van der Waals surface area contributed by atoms with Gasteiger partial charge in [0, 0.05) is 5.02 Å². The molecule has 0 bridgehead atoms. The highest BCUT2D eigenvalue weighted by Gasteiger charge is 2.10. The molecule has 0 aromatic heterocycles. The Balaban J connectivity index is 1.94. The monoisotopic (exact) mass is 454 g/mol. The molecule has 2 aromatic rings. The van der Waals surface area contributed by atoms with Crippen molar-refractivity contribution in [2.24, 2.45) is 5.10 Å². The summed E-state index contributed by atoms with van der Waals surface area (Å²) in [4.78, 5) is 11.9. The minimum atomic E-state index is -0.377. The quantitative estimate of drug-likeness (QED) is 0.475. The number of ether oxygens (including phenoxy) is 3. The van der Waals surface area contributed by atoms with Gasteiger partial charge in [0.15, 0.2) is 18.1 Å². The fraction of sp³-hybridized carbons (Fsp3) is 0.263. The van der Waals surface area contributed by atoms with E-state index >= 15 is 0 Å². The zero-order valence-electron chi connectivity index (χ0n) is 15.2. The number of nitrogens with one attached hydrogen (secondary N) is 1. The Labute approximate surface area is 171 Å². The molecule has 0 aliphatic rings. The lowest BCUT2D eigenvalue weighted by Gasteiger charge is -2.12. The normalized spacial score (nSPS) is 10.7. The van der Waals surface area contributed by atoms with Crippen LogP contribution in [0, 0.1) is 6.92 Å². The number of benzene rings is 2. The molecule has 0 aliphatic heterocycles. The van der Waals surface area contributed by atoms with Gasteiger partial charge in [-0.3, -0.25) is 4.79 Å². The predicted molar refractivity (Wildman–Crippen MR) is 109 cm³/mol. The summed E-state index contributed by atoms with van der Waals surface area (Å²) in [5, 5.41) is 4.56. The second kappa shape index (κ2) is 10.2. The van der Waals surface area contributed by atoms with Crippen LogP contribution in [0.4, 0.5) is 0 Å². The lowest BCUT2D eigenvalue weighted by atomic mass is 10.2. The highest BCUT2D eigenvalue weighted by atomic mass is 79.9. The molecule has 0 spiro atoms. The van der Waals surface area contributed by atoms with Gasteiger partial charge in [-0.25, -0.2) is 5.43 Å². The third-order valence-corrected chi connectivity index (χ3v) is 4.26. The summed E-state index contributed by atoms with van der Waals surface area (Å²) in [5.41, 5.74) is 4.01. The Morgan fingerprint density at radius 2 is 2.04 bits per heavy atom. The first kappa shape index (κ1) is 21.1. The number of aryl methyl sites for hydroxylation is 1. The van der Waals surface area contributed by atoms with Crippen molar-refractivity contribution in [3.05, 3.63) is 51.0 Å². The van der Waals surface area contributed by atoms with Crippen molar-refractivity contribution in [3.8, 4) is 17.2 Å². The molecule has 0 atom stereocenters. The second-order valence-corrected chi connectivity index (χ2v) is 6.75. The van der Waals surface area contributed by atoms with Crippen LogP contribution in [0.15, 0.2) is 39.9 Å². The third kappa shape index (κ3) is 6.15. The number of amides is 1. The molecule has 0 aliphatic carbocycles. The minimum absolute atomic E-state index is 0.157. The van der Waals surface area contributed by atoms with Gasteiger partial charge in [-0.1, -0.05) is 11.6 Å². The van der Waals surface area contributed by atoms with Gasteiger partial charge >= 0.3 is 0 Å². The van der Waals surface area contributed by atoms with Gasteiger partial charge in [0.1, 0.15) is 5.75 Å². The maximum atomic E-state index is 11.9. The molecule has 6 nitrogen and oxygen atoms in total. The van der Waals surface area contributed by atoms with Gasteiger partial charge in [0.25, 0.3) is 5.91 Å². The fourth-order valence-electron chi connectivity index (χ4n) is 2.23. The van der Waals surface area contributed by atoms with Crippen molar-refractivity contribution >= 4 is 39.7 Å². The molecule has 0 saturated heterocycles. The van der Waals surface area contributed by atoms with Gasteiger partial charge < -0.3 is 14.2 Å². The van der Waals surface area contributed by atoms with Crippen LogP contribution in [0.5, 0.6) is 17.2 Å². The Morgan fingerprint density at radius 3 is 2.70 bits per heavy atom. The first-order chi connectivity index (χ1) is 12.9. The minimum Gasteiger partial charge on any atom is -0.493 e. The van der Waals surface area contributed by atoms with Crippen LogP contribution in [0.3, 0.4) is 0 Å². The topological polar surface area (TPSA) is 69.2 Å². The van der Waals surface area contributed by atoms with E-state index in [9.17, 15) is 4.79 Å². The largest absolute Gasteiger partial charge is 0.493 e. The Bertz CT molecular complexity index is 843. The molecule has 144 valence electrons. The molecule has 27 heavy (non-hydrogen) atoms. The summed E-state index contributed by atoms with van der Waals surface area (Å²) < 4.78 is 17.1. The van der Waals surface area contributed by atoms with E-state index < -0.39 is 0 Å². The van der Waals surface area contributed by atoms with Crippen molar-refractivity contribution < 1.29 is 19.0 Å². The second-order valence-electron chi connectivity index (χ2n) is 5.46. The highest BCUT2D eigenvalue weighted by molar-refractivity contribution is 9.10. The summed E-state index contributed by atoms with van der Waals surface area (Å²) in [6.07, 6.45) is 1.51. The van der Waals surface area contributed by atoms with E-state index in [2.05, 4.69) is 26.5 Å². The van der Waals surface area contributed by atoms with Crippen molar-refractivity contribution in [2.45, 2.75) is 13.8 Å². The number of hydrazone groups is 1. The summed E-state index contributed by atoms with van der Waals surface area (Å²) in [6.45, 7) is 4.11. The molecule has 0 heterocycles. The van der Waals surface area contributed by atoms with Crippen LogP contribution < -0.4 is 19.6 Å². The molecular formula is C19H20BrClN2O4. The SMILES string of the molecule is CCOc1c(Br)cc(/C=N/NC(=O)COc2ccc(Cl)cc2C)cc1OC. The first-order valence-electron chi connectivity index (χ1n) is 8.15. The molecule has 0 unspecified atom stereocenters. The van der Waals surface area contributed by atoms with Gasteiger partial charge in [0.05, 0.1) is 24.4 Å². The summed E-state index contributed by atoms with van der Waals surface area (Å²) in [6, 6.07) is 8.77. The van der Waals surface area contributed by atoms with Crippen molar-refractivity contribution in [3.63, 3.8) is 0 Å². The number of carbonyl (C=O) groups excluding carboxylic acids is 1. The van der Waals surface area contributed by atoms with Crippen LogP contribution in [0.25, 0.3) is 0 Å². The maximum Gasteiger partial charge on any atom is 0.277 e. The van der Waals surface area contributed by atoms with E-state index in [1.54, 1.807) is 31.4 Å². The first-order valence-corrected chi connectivity index (χ1v) is 9.32. The molecule has 2 rings (SSSR count). The predicted octanol–water partition coefficient (Wildman–Crippen LogP) is 4.35. The number of hydrogen-bond donors (Lipinski definition) is 1.